The van der Waals surface area contributed by atoms with E-state index in [1.807, 2.05) is 0 Å². The highest BCUT2D eigenvalue weighted by Crippen LogP contribution is 2.21. The highest BCUT2D eigenvalue weighted by Gasteiger charge is 2.27. The minimum atomic E-state index is 0.0600. The molecule has 4 heteroatoms. The van der Waals surface area contributed by atoms with Gasteiger partial charge in [0.2, 0.25) is 5.91 Å². The Labute approximate surface area is 120 Å². The average molecular weight is 273 g/mol. The molecule has 0 aromatic heterocycles. The van der Waals surface area contributed by atoms with Crippen LogP contribution in [0.2, 0.25) is 0 Å². The summed E-state index contributed by atoms with van der Waals surface area (Å²) in [6.07, 6.45) is 3.05. The summed E-state index contributed by atoms with van der Waals surface area (Å²) >= 11 is 0. The number of piperidine rings is 1. The SMILES string of the molecule is Cc1cccc(N2CCC(NC(=O)[C@H]3CCN3)CC2)c1. The molecular formula is C16H23N3O. The summed E-state index contributed by atoms with van der Waals surface area (Å²) in [7, 11) is 0. The van der Waals surface area contributed by atoms with Crippen molar-refractivity contribution in [2.75, 3.05) is 24.5 Å². The summed E-state index contributed by atoms with van der Waals surface area (Å²) in [6.45, 7) is 5.14. The zero-order chi connectivity index (χ0) is 13.9. The maximum atomic E-state index is 11.9. The van der Waals surface area contributed by atoms with Crippen LogP contribution in [0, 0.1) is 6.92 Å². The van der Waals surface area contributed by atoms with Gasteiger partial charge in [-0.05, 0) is 50.4 Å². The maximum absolute atomic E-state index is 11.9. The van der Waals surface area contributed by atoms with Crippen molar-refractivity contribution in [1.82, 2.24) is 10.6 Å². The number of hydrogen-bond donors (Lipinski definition) is 2. The molecule has 0 spiro atoms. The molecule has 1 aromatic rings. The van der Waals surface area contributed by atoms with Crippen LogP contribution in [0.3, 0.4) is 0 Å². The largest absolute Gasteiger partial charge is 0.371 e. The van der Waals surface area contributed by atoms with E-state index in [1.54, 1.807) is 0 Å². The minimum absolute atomic E-state index is 0.0600. The monoisotopic (exact) mass is 273 g/mol. The van der Waals surface area contributed by atoms with Gasteiger partial charge in [0.15, 0.2) is 0 Å². The maximum Gasteiger partial charge on any atom is 0.237 e. The molecule has 0 unspecified atom stereocenters. The number of carbonyl (C=O) groups is 1. The van der Waals surface area contributed by atoms with Gasteiger partial charge in [-0.15, -0.1) is 0 Å². The lowest BCUT2D eigenvalue weighted by atomic mass is 10.0. The van der Waals surface area contributed by atoms with Crippen molar-refractivity contribution in [1.29, 1.82) is 0 Å². The summed E-state index contributed by atoms with van der Waals surface area (Å²) in [5.41, 5.74) is 2.60. The second-order valence-electron chi connectivity index (χ2n) is 5.90. The Morgan fingerprint density at radius 2 is 2.05 bits per heavy atom. The molecule has 2 aliphatic heterocycles. The highest BCUT2D eigenvalue weighted by atomic mass is 16.2. The van der Waals surface area contributed by atoms with E-state index in [1.165, 1.54) is 11.3 Å². The summed E-state index contributed by atoms with van der Waals surface area (Å²) < 4.78 is 0. The second kappa shape index (κ2) is 5.83. The van der Waals surface area contributed by atoms with Gasteiger partial charge in [0.1, 0.15) is 0 Å². The Bertz CT molecular complexity index is 476. The molecule has 1 aromatic carbocycles. The summed E-state index contributed by atoms with van der Waals surface area (Å²) in [5, 5.41) is 6.33. The molecule has 2 N–H and O–H groups in total. The van der Waals surface area contributed by atoms with Crippen molar-refractivity contribution in [3.63, 3.8) is 0 Å². The molecular weight excluding hydrogens is 250 g/mol. The van der Waals surface area contributed by atoms with Crippen LogP contribution in [-0.2, 0) is 4.79 Å². The molecule has 1 atom stereocenters. The van der Waals surface area contributed by atoms with Gasteiger partial charge in [-0.2, -0.15) is 0 Å². The topological polar surface area (TPSA) is 44.4 Å². The fourth-order valence-corrected chi connectivity index (χ4v) is 2.92. The Hall–Kier alpha value is -1.55. The number of carbonyl (C=O) groups excluding carboxylic acids is 1. The van der Waals surface area contributed by atoms with Crippen molar-refractivity contribution >= 4 is 11.6 Å². The molecule has 0 saturated carbocycles. The Kier molecular flexibility index (Phi) is 3.92. The van der Waals surface area contributed by atoms with E-state index < -0.39 is 0 Å². The molecule has 4 nitrogen and oxygen atoms in total. The van der Waals surface area contributed by atoms with Crippen molar-refractivity contribution in [3.8, 4) is 0 Å². The van der Waals surface area contributed by atoms with Crippen LogP contribution in [-0.4, -0.2) is 37.6 Å². The quantitative estimate of drug-likeness (QED) is 0.876. The number of benzene rings is 1. The summed E-state index contributed by atoms with van der Waals surface area (Å²) in [4.78, 5) is 14.3. The molecule has 0 aliphatic carbocycles. The Balaban J connectivity index is 1.50. The van der Waals surface area contributed by atoms with Crippen LogP contribution in [0.4, 0.5) is 5.69 Å². The molecule has 2 fully saturated rings. The molecule has 108 valence electrons. The fourth-order valence-electron chi connectivity index (χ4n) is 2.92. The van der Waals surface area contributed by atoms with Gasteiger partial charge in [0, 0.05) is 24.8 Å². The standard InChI is InChI=1S/C16H23N3O/c1-12-3-2-4-14(11-12)19-9-6-13(7-10-19)18-16(20)15-5-8-17-15/h2-4,11,13,15,17H,5-10H2,1H3,(H,18,20)/t15-/m1/s1. The third kappa shape index (κ3) is 2.96. The first-order valence-corrected chi connectivity index (χ1v) is 7.58. The first kappa shape index (κ1) is 13.4. The highest BCUT2D eigenvalue weighted by molar-refractivity contribution is 5.82. The van der Waals surface area contributed by atoms with Crippen molar-refractivity contribution in [2.24, 2.45) is 0 Å². The van der Waals surface area contributed by atoms with Crippen LogP contribution in [0.25, 0.3) is 0 Å². The molecule has 3 rings (SSSR count). The molecule has 0 bridgehead atoms. The number of nitrogens with zero attached hydrogens (tertiary/aromatic N) is 1. The zero-order valence-electron chi connectivity index (χ0n) is 12.1. The van der Waals surface area contributed by atoms with Crippen molar-refractivity contribution < 1.29 is 4.79 Å². The Morgan fingerprint density at radius 3 is 2.65 bits per heavy atom. The number of anilines is 1. The van der Waals surface area contributed by atoms with Crippen LogP contribution >= 0.6 is 0 Å². The third-order valence-electron chi connectivity index (χ3n) is 4.35. The van der Waals surface area contributed by atoms with E-state index >= 15 is 0 Å². The van der Waals surface area contributed by atoms with E-state index in [0.29, 0.717) is 6.04 Å². The van der Waals surface area contributed by atoms with Crippen molar-refractivity contribution in [2.45, 2.75) is 38.3 Å². The summed E-state index contributed by atoms with van der Waals surface area (Å²) in [5.74, 6) is 0.185. The van der Waals surface area contributed by atoms with Crippen LogP contribution in [0.15, 0.2) is 24.3 Å². The molecule has 2 heterocycles. The zero-order valence-corrected chi connectivity index (χ0v) is 12.1. The number of amides is 1. The average Bonchev–Trinajstić information content (AvgIpc) is 2.37. The van der Waals surface area contributed by atoms with E-state index in [9.17, 15) is 4.79 Å². The van der Waals surface area contributed by atoms with E-state index in [2.05, 4.69) is 46.7 Å². The predicted molar refractivity (Wildman–Crippen MR) is 81.0 cm³/mol. The molecule has 1 amide bonds. The van der Waals surface area contributed by atoms with Gasteiger partial charge in [0.25, 0.3) is 0 Å². The van der Waals surface area contributed by atoms with E-state index in [-0.39, 0.29) is 11.9 Å². The van der Waals surface area contributed by atoms with Gasteiger partial charge < -0.3 is 15.5 Å². The number of rotatable bonds is 3. The summed E-state index contributed by atoms with van der Waals surface area (Å²) in [6, 6.07) is 9.04. The van der Waals surface area contributed by atoms with Crippen LogP contribution in [0.1, 0.15) is 24.8 Å². The lowest BCUT2D eigenvalue weighted by molar-refractivity contribution is -0.125. The molecule has 0 radical (unpaired) electrons. The van der Waals surface area contributed by atoms with Gasteiger partial charge in [0.05, 0.1) is 6.04 Å². The first-order valence-electron chi connectivity index (χ1n) is 7.58. The third-order valence-corrected chi connectivity index (χ3v) is 4.35. The smallest absolute Gasteiger partial charge is 0.237 e. The number of aryl methyl sites for hydroxylation is 1. The van der Waals surface area contributed by atoms with Gasteiger partial charge >= 0.3 is 0 Å². The van der Waals surface area contributed by atoms with E-state index in [0.717, 1.165) is 38.9 Å². The lowest BCUT2D eigenvalue weighted by Gasteiger charge is -2.35. The van der Waals surface area contributed by atoms with Gasteiger partial charge in [-0.25, -0.2) is 0 Å². The van der Waals surface area contributed by atoms with Crippen molar-refractivity contribution in [3.05, 3.63) is 29.8 Å². The van der Waals surface area contributed by atoms with Crippen LogP contribution < -0.4 is 15.5 Å². The lowest BCUT2D eigenvalue weighted by Crippen LogP contribution is -2.56. The van der Waals surface area contributed by atoms with Crippen LogP contribution in [0.5, 0.6) is 0 Å². The first-order chi connectivity index (χ1) is 9.72. The normalized spacial score (nSPS) is 23.2. The number of hydrogen-bond acceptors (Lipinski definition) is 3. The fraction of sp³-hybridized carbons (Fsp3) is 0.562. The number of nitrogens with one attached hydrogen (secondary N) is 2. The molecule has 2 aliphatic rings. The second-order valence-corrected chi connectivity index (χ2v) is 5.90. The predicted octanol–water partition coefficient (Wildman–Crippen LogP) is 1.44. The molecule has 2 saturated heterocycles. The molecule has 20 heavy (non-hydrogen) atoms. The van der Waals surface area contributed by atoms with Gasteiger partial charge in [-0.3, -0.25) is 4.79 Å². The van der Waals surface area contributed by atoms with E-state index in [4.69, 9.17) is 0 Å². The van der Waals surface area contributed by atoms with Gasteiger partial charge in [-0.1, -0.05) is 12.1 Å². The minimum Gasteiger partial charge on any atom is -0.371 e. The Morgan fingerprint density at radius 1 is 1.30 bits per heavy atom.